The van der Waals surface area contributed by atoms with E-state index >= 15 is 0 Å². The van der Waals surface area contributed by atoms with E-state index in [0.29, 0.717) is 18.4 Å². The highest BCUT2D eigenvalue weighted by atomic mass is 19.1. The van der Waals surface area contributed by atoms with Crippen LogP contribution in [-0.4, -0.2) is 25.0 Å². The number of benzene rings is 2. The normalized spacial score (nSPS) is 12.1. The highest BCUT2D eigenvalue weighted by Gasteiger charge is 2.15. The summed E-state index contributed by atoms with van der Waals surface area (Å²) in [5.74, 6) is 0.321. The molecule has 2 N–H and O–H groups in total. The van der Waals surface area contributed by atoms with Gasteiger partial charge in [0.15, 0.2) is 5.78 Å². The van der Waals surface area contributed by atoms with Gasteiger partial charge in [0.05, 0.1) is 6.04 Å². The number of ketones is 1. The molecule has 0 aliphatic rings. The molecule has 0 saturated heterocycles. The summed E-state index contributed by atoms with van der Waals surface area (Å²) < 4.78 is 12.5. The van der Waals surface area contributed by atoms with E-state index in [2.05, 4.69) is 15.6 Å². The average molecular weight is 366 g/mol. The van der Waals surface area contributed by atoms with Crippen LogP contribution in [-0.2, 0) is 6.42 Å². The van der Waals surface area contributed by atoms with Gasteiger partial charge >= 0.3 is 0 Å². The maximum Gasteiger partial charge on any atom is 0.209 e. The quantitative estimate of drug-likeness (QED) is 0.324. The van der Waals surface area contributed by atoms with Crippen molar-refractivity contribution in [3.8, 4) is 6.19 Å². The second kappa shape index (κ2) is 10.7. The van der Waals surface area contributed by atoms with Crippen molar-refractivity contribution < 1.29 is 9.18 Å². The third kappa shape index (κ3) is 6.23. The molecule has 0 bridgehead atoms. The van der Waals surface area contributed by atoms with Crippen LogP contribution in [0, 0.1) is 11.5 Å². The minimum Gasteiger partial charge on any atom is -0.353 e. The lowest BCUT2D eigenvalue weighted by molar-refractivity contribution is 0.0988. The third-order valence-electron chi connectivity index (χ3n) is 4.07. The molecule has 2 aromatic rings. The summed E-state index contributed by atoms with van der Waals surface area (Å²) in [7, 11) is 0. The zero-order valence-corrected chi connectivity index (χ0v) is 15.3. The number of nitrogens with zero attached hydrogens (tertiary/aromatic N) is 2. The Morgan fingerprint density at radius 1 is 1.22 bits per heavy atom. The monoisotopic (exact) mass is 366 g/mol. The lowest BCUT2D eigenvalue weighted by atomic mass is 9.96. The smallest absolute Gasteiger partial charge is 0.209 e. The molecule has 27 heavy (non-hydrogen) atoms. The number of guanidine groups is 1. The van der Waals surface area contributed by atoms with Crippen LogP contribution in [0.1, 0.15) is 40.9 Å². The van der Waals surface area contributed by atoms with Crippen molar-refractivity contribution in [3.05, 3.63) is 71.3 Å². The average Bonchev–Trinajstić information content (AvgIpc) is 2.71. The van der Waals surface area contributed by atoms with Gasteiger partial charge in [-0.25, -0.2) is 4.39 Å². The first-order valence-corrected chi connectivity index (χ1v) is 8.88. The molecule has 5 nitrogen and oxygen atoms in total. The van der Waals surface area contributed by atoms with E-state index in [1.54, 1.807) is 6.19 Å². The first kappa shape index (κ1) is 20.1. The summed E-state index contributed by atoms with van der Waals surface area (Å²) in [6.07, 6.45) is 2.76. The largest absolute Gasteiger partial charge is 0.353 e. The van der Waals surface area contributed by atoms with Crippen LogP contribution < -0.4 is 10.6 Å². The lowest BCUT2D eigenvalue weighted by Crippen LogP contribution is -2.41. The summed E-state index contributed by atoms with van der Waals surface area (Å²) in [5.41, 5.74) is 2.66. The third-order valence-corrected chi connectivity index (χ3v) is 4.07. The van der Waals surface area contributed by atoms with Crippen molar-refractivity contribution in [3.63, 3.8) is 0 Å². The minimum atomic E-state index is -0.566. The van der Waals surface area contributed by atoms with Crippen molar-refractivity contribution >= 4 is 11.7 Å². The van der Waals surface area contributed by atoms with Crippen LogP contribution in [0.2, 0.25) is 0 Å². The second-order valence-corrected chi connectivity index (χ2v) is 5.97. The number of alkyl halides is 1. The highest BCUT2D eigenvalue weighted by Crippen LogP contribution is 2.19. The van der Waals surface area contributed by atoms with E-state index in [1.165, 1.54) is 0 Å². The van der Waals surface area contributed by atoms with Gasteiger partial charge in [0.2, 0.25) is 12.2 Å². The Hall–Kier alpha value is -3.20. The number of hydrogen-bond acceptors (Lipinski definition) is 3. The number of carbonyl (C=O) groups is 1. The van der Waals surface area contributed by atoms with Crippen LogP contribution >= 0.6 is 0 Å². The summed E-state index contributed by atoms with van der Waals surface area (Å²) in [6.45, 7) is 1.34. The first-order valence-electron chi connectivity index (χ1n) is 8.88. The zero-order chi connectivity index (χ0) is 19.5. The summed E-state index contributed by atoms with van der Waals surface area (Å²) in [4.78, 5) is 15.7. The Kier molecular flexibility index (Phi) is 7.98. The van der Waals surface area contributed by atoms with Gasteiger partial charge in [0.25, 0.3) is 0 Å². The van der Waals surface area contributed by atoms with E-state index in [-0.39, 0.29) is 24.3 Å². The van der Waals surface area contributed by atoms with Gasteiger partial charge in [-0.1, -0.05) is 55.5 Å². The van der Waals surface area contributed by atoms with Crippen LogP contribution in [0.25, 0.3) is 0 Å². The molecule has 0 saturated carbocycles. The zero-order valence-electron chi connectivity index (χ0n) is 15.3. The van der Waals surface area contributed by atoms with Gasteiger partial charge in [-0.15, -0.1) is 4.99 Å². The van der Waals surface area contributed by atoms with Crippen molar-refractivity contribution in [1.29, 1.82) is 5.26 Å². The van der Waals surface area contributed by atoms with Gasteiger partial charge in [-0.3, -0.25) is 4.79 Å². The standard InChI is InChI=1S/C21H23FN4O/c1-2-20(27)18-10-6-7-16(13-18)14-19(17-8-4-3-5-9-17)26-21(25-15-23)24-12-11-22/h3-10,13,19H,2,11-12,14H2,1H3,(H2,24,25,26). The summed E-state index contributed by atoms with van der Waals surface area (Å²) in [5, 5.41) is 14.8. The molecular weight excluding hydrogens is 343 g/mol. The highest BCUT2D eigenvalue weighted by molar-refractivity contribution is 5.96. The molecule has 1 unspecified atom stereocenters. The predicted molar refractivity (Wildman–Crippen MR) is 104 cm³/mol. The van der Waals surface area contributed by atoms with Crippen LogP contribution in [0.4, 0.5) is 4.39 Å². The van der Waals surface area contributed by atoms with Crippen molar-refractivity contribution in [1.82, 2.24) is 10.6 Å². The van der Waals surface area contributed by atoms with E-state index in [9.17, 15) is 9.18 Å². The van der Waals surface area contributed by atoms with E-state index < -0.39 is 6.67 Å². The number of Topliss-reactive ketones (excluding diaryl/α,β-unsaturated/α-hetero) is 1. The van der Waals surface area contributed by atoms with Gasteiger partial charge in [0, 0.05) is 18.5 Å². The fourth-order valence-electron chi connectivity index (χ4n) is 2.75. The Balaban J connectivity index is 2.27. The molecule has 0 aliphatic heterocycles. The maximum atomic E-state index is 12.5. The molecule has 1 atom stereocenters. The minimum absolute atomic E-state index is 0.0650. The number of nitriles is 1. The van der Waals surface area contributed by atoms with Gasteiger partial charge < -0.3 is 10.6 Å². The number of rotatable bonds is 8. The fourth-order valence-corrected chi connectivity index (χ4v) is 2.75. The Morgan fingerprint density at radius 2 is 2.00 bits per heavy atom. The van der Waals surface area contributed by atoms with Crippen LogP contribution in [0.3, 0.4) is 0 Å². The predicted octanol–water partition coefficient (Wildman–Crippen LogP) is 3.55. The molecular formula is C21H23FN4O. The number of aliphatic imine (C=N–C) groups is 1. The molecule has 2 aromatic carbocycles. The van der Waals surface area contributed by atoms with Crippen LogP contribution in [0.5, 0.6) is 0 Å². The number of hydrogen-bond donors (Lipinski definition) is 2. The Labute approximate surface area is 158 Å². The molecule has 2 rings (SSSR count). The van der Waals surface area contributed by atoms with E-state index in [4.69, 9.17) is 5.26 Å². The molecule has 0 aromatic heterocycles. The van der Waals surface area contributed by atoms with Crippen molar-refractivity contribution in [2.24, 2.45) is 4.99 Å². The molecule has 0 amide bonds. The Morgan fingerprint density at radius 3 is 2.67 bits per heavy atom. The van der Waals surface area contributed by atoms with E-state index in [1.807, 2.05) is 61.5 Å². The molecule has 0 aliphatic carbocycles. The number of carbonyl (C=O) groups excluding carboxylic acids is 1. The molecule has 0 heterocycles. The first-order chi connectivity index (χ1) is 13.2. The number of nitrogens with one attached hydrogen (secondary N) is 2. The van der Waals surface area contributed by atoms with Crippen LogP contribution in [0.15, 0.2) is 59.6 Å². The SMILES string of the molecule is CCC(=O)c1cccc(CC(N/C(=N/C#N)NCCF)c2ccccc2)c1. The lowest BCUT2D eigenvalue weighted by Gasteiger charge is -2.22. The van der Waals surface area contributed by atoms with Gasteiger partial charge in [-0.05, 0) is 23.6 Å². The van der Waals surface area contributed by atoms with Crippen molar-refractivity contribution in [2.45, 2.75) is 25.8 Å². The fraction of sp³-hybridized carbons (Fsp3) is 0.286. The van der Waals surface area contributed by atoms with Crippen molar-refractivity contribution in [2.75, 3.05) is 13.2 Å². The summed E-state index contributed by atoms with van der Waals surface area (Å²) >= 11 is 0. The topological polar surface area (TPSA) is 77.3 Å². The molecule has 140 valence electrons. The number of halogens is 1. The molecule has 0 radical (unpaired) electrons. The molecule has 0 spiro atoms. The molecule has 6 heteroatoms. The molecule has 0 fully saturated rings. The van der Waals surface area contributed by atoms with Gasteiger partial charge in [-0.2, -0.15) is 5.26 Å². The van der Waals surface area contributed by atoms with E-state index in [0.717, 1.165) is 11.1 Å². The summed E-state index contributed by atoms with van der Waals surface area (Å²) in [6, 6.07) is 17.0. The van der Waals surface area contributed by atoms with Gasteiger partial charge in [0.1, 0.15) is 6.67 Å². The Bertz CT molecular complexity index is 814. The maximum absolute atomic E-state index is 12.5. The second-order valence-electron chi connectivity index (χ2n) is 5.97.